The first-order chi connectivity index (χ1) is 8.56. The van der Waals surface area contributed by atoms with Crippen LogP contribution in [-0.2, 0) is 0 Å². The summed E-state index contributed by atoms with van der Waals surface area (Å²) < 4.78 is 0. The first-order valence-corrected chi connectivity index (χ1v) is 8.06. The second kappa shape index (κ2) is 7.89. The molecular weight excluding hydrogens is 248 g/mol. The normalized spacial score (nSPS) is 25.2. The summed E-state index contributed by atoms with van der Waals surface area (Å²) in [5, 5.41) is 15.7. The van der Waals surface area contributed by atoms with Gasteiger partial charge in [0.2, 0.25) is 0 Å². The molecule has 0 radical (unpaired) electrons. The van der Waals surface area contributed by atoms with E-state index in [-0.39, 0.29) is 24.7 Å². The Morgan fingerprint density at radius 3 is 2.72 bits per heavy atom. The van der Waals surface area contributed by atoms with Gasteiger partial charge in [-0.15, -0.1) is 0 Å². The fraction of sp³-hybridized carbons (Fsp3) is 0.923. The zero-order chi connectivity index (χ0) is 13.5. The third kappa shape index (κ3) is 5.06. The van der Waals surface area contributed by atoms with Crippen LogP contribution in [0.2, 0.25) is 0 Å². The molecule has 0 aliphatic heterocycles. The molecule has 0 aromatic carbocycles. The molecule has 0 aromatic rings. The van der Waals surface area contributed by atoms with Gasteiger partial charge in [0.1, 0.15) is 0 Å². The Balaban J connectivity index is 2.35. The Kier molecular flexibility index (Phi) is 6.86. The van der Waals surface area contributed by atoms with Crippen LogP contribution < -0.4 is 10.6 Å². The van der Waals surface area contributed by atoms with Gasteiger partial charge in [0.25, 0.3) is 0 Å². The molecule has 3 N–H and O–H groups in total. The molecule has 5 heteroatoms. The second-order valence-corrected chi connectivity index (χ2v) is 6.52. The van der Waals surface area contributed by atoms with Crippen molar-refractivity contribution in [3.05, 3.63) is 0 Å². The van der Waals surface area contributed by atoms with Gasteiger partial charge >= 0.3 is 6.03 Å². The lowest BCUT2D eigenvalue weighted by Crippen LogP contribution is -2.49. The van der Waals surface area contributed by atoms with Gasteiger partial charge in [-0.05, 0) is 31.4 Å². The first-order valence-electron chi connectivity index (χ1n) is 6.77. The maximum Gasteiger partial charge on any atom is 0.315 e. The molecule has 1 rings (SSSR count). The highest BCUT2D eigenvalue weighted by molar-refractivity contribution is 7.99. The van der Waals surface area contributed by atoms with Crippen molar-refractivity contribution in [2.75, 3.05) is 12.9 Å². The lowest BCUT2D eigenvalue weighted by molar-refractivity contribution is 0.205. The largest absolute Gasteiger partial charge is 0.394 e. The van der Waals surface area contributed by atoms with Crippen molar-refractivity contribution >= 4 is 17.8 Å². The van der Waals surface area contributed by atoms with E-state index in [0.717, 1.165) is 12.8 Å². The molecule has 1 aliphatic rings. The predicted molar refractivity (Wildman–Crippen MR) is 76.9 cm³/mol. The average Bonchev–Trinajstić information content (AvgIpc) is 2.74. The van der Waals surface area contributed by atoms with Crippen molar-refractivity contribution < 1.29 is 9.90 Å². The van der Waals surface area contributed by atoms with Gasteiger partial charge in [0.15, 0.2) is 0 Å². The average molecular weight is 274 g/mol. The van der Waals surface area contributed by atoms with Crippen LogP contribution >= 0.6 is 11.8 Å². The van der Waals surface area contributed by atoms with Crippen LogP contribution in [0, 0.1) is 5.92 Å². The summed E-state index contributed by atoms with van der Waals surface area (Å²) in [6, 6.07) is -0.00169. The number of carbonyl (C=O) groups excluding carboxylic acids is 1. The molecule has 0 aromatic heterocycles. The van der Waals surface area contributed by atoms with Crippen molar-refractivity contribution in [1.82, 2.24) is 10.6 Å². The number of carbonyl (C=O) groups is 1. The van der Waals surface area contributed by atoms with E-state index in [2.05, 4.69) is 30.7 Å². The lowest BCUT2D eigenvalue weighted by Gasteiger charge is -2.23. The van der Waals surface area contributed by atoms with Crippen molar-refractivity contribution in [2.45, 2.75) is 56.9 Å². The molecule has 18 heavy (non-hydrogen) atoms. The minimum atomic E-state index is -0.140. The SMILES string of the molecule is CS[C@@H]1CCC[C@H]1NC(=O)N[C@@H](CO)CC(C)C. The smallest absolute Gasteiger partial charge is 0.315 e. The van der Waals surface area contributed by atoms with E-state index >= 15 is 0 Å². The number of aliphatic hydroxyl groups excluding tert-OH is 1. The second-order valence-electron chi connectivity index (χ2n) is 5.44. The van der Waals surface area contributed by atoms with Crippen LogP contribution in [0.4, 0.5) is 4.79 Å². The maximum absolute atomic E-state index is 11.9. The van der Waals surface area contributed by atoms with Gasteiger partial charge in [-0.3, -0.25) is 0 Å². The summed E-state index contributed by atoms with van der Waals surface area (Å²) >= 11 is 1.83. The van der Waals surface area contributed by atoms with E-state index in [1.54, 1.807) is 0 Å². The van der Waals surface area contributed by atoms with Gasteiger partial charge in [-0.1, -0.05) is 20.3 Å². The minimum absolute atomic E-state index is 0.00221. The molecule has 1 aliphatic carbocycles. The van der Waals surface area contributed by atoms with Gasteiger partial charge in [-0.2, -0.15) is 11.8 Å². The highest BCUT2D eigenvalue weighted by Crippen LogP contribution is 2.28. The predicted octanol–water partition coefficient (Wildman–Crippen LogP) is 1.98. The monoisotopic (exact) mass is 274 g/mol. The number of amides is 2. The molecule has 0 bridgehead atoms. The Morgan fingerprint density at radius 2 is 2.17 bits per heavy atom. The zero-order valence-electron chi connectivity index (χ0n) is 11.6. The van der Waals surface area contributed by atoms with Crippen LogP contribution in [0.1, 0.15) is 39.5 Å². The molecule has 3 atom stereocenters. The highest BCUT2D eigenvalue weighted by Gasteiger charge is 2.28. The van der Waals surface area contributed by atoms with E-state index in [9.17, 15) is 9.90 Å². The molecule has 106 valence electrons. The number of nitrogens with one attached hydrogen (secondary N) is 2. The van der Waals surface area contributed by atoms with Crippen LogP contribution in [0.5, 0.6) is 0 Å². The molecule has 0 saturated heterocycles. The summed E-state index contributed by atoms with van der Waals surface area (Å²) in [7, 11) is 0. The molecule has 1 fully saturated rings. The first kappa shape index (κ1) is 15.6. The van der Waals surface area contributed by atoms with Crippen molar-refractivity contribution in [3.63, 3.8) is 0 Å². The Labute approximate surface area is 114 Å². The van der Waals surface area contributed by atoms with Gasteiger partial charge in [0, 0.05) is 11.3 Å². The highest BCUT2D eigenvalue weighted by atomic mass is 32.2. The fourth-order valence-electron chi connectivity index (χ4n) is 2.52. The molecule has 0 heterocycles. The Bertz CT molecular complexity index is 261. The molecular formula is C13H26N2O2S. The van der Waals surface area contributed by atoms with Gasteiger partial charge in [0.05, 0.1) is 12.6 Å². The summed E-state index contributed by atoms with van der Waals surface area (Å²) in [5.41, 5.74) is 0. The standard InChI is InChI=1S/C13H26N2O2S/c1-9(2)7-10(8-16)14-13(17)15-11-5-4-6-12(11)18-3/h9-12,16H,4-8H2,1-3H3,(H2,14,15,17)/t10-,11-,12-/m1/s1. The summed E-state index contributed by atoms with van der Waals surface area (Å²) in [6.07, 6.45) is 6.33. The molecule has 4 nitrogen and oxygen atoms in total. The van der Waals surface area contributed by atoms with Gasteiger partial charge in [-0.25, -0.2) is 4.79 Å². The zero-order valence-corrected chi connectivity index (χ0v) is 12.4. The number of hydrogen-bond acceptors (Lipinski definition) is 3. The number of thioether (sulfide) groups is 1. The number of rotatable bonds is 6. The number of urea groups is 1. The molecule has 2 amide bonds. The molecule has 1 saturated carbocycles. The third-order valence-corrected chi connectivity index (χ3v) is 4.55. The van der Waals surface area contributed by atoms with E-state index < -0.39 is 0 Å². The lowest BCUT2D eigenvalue weighted by atomic mass is 10.0. The van der Waals surface area contributed by atoms with Crippen molar-refractivity contribution in [3.8, 4) is 0 Å². The van der Waals surface area contributed by atoms with Crippen molar-refractivity contribution in [2.24, 2.45) is 5.92 Å². The Hall–Kier alpha value is -0.420. The topological polar surface area (TPSA) is 61.4 Å². The molecule has 0 spiro atoms. The van der Waals surface area contributed by atoms with E-state index in [1.165, 1.54) is 12.8 Å². The quantitative estimate of drug-likeness (QED) is 0.694. The summed E-state index contributed by atoms with van der Waals surface area (Å²) in [4.78, 5) is 11.9. The van der Waals surface area contributed by atoms with Crippen LogP contribution in [-0.4, -0.2) is 41.3 Å². The van der Waals surface area contributed by atoms with Crippen LogP contribution in [0.3, 0.4) is 0 Å². The summed E-state index contributed by atoms with van der Waals surface area (Å²) in [5.74, 6) is 0.466. The summed E-state index contributed by atoms with van der Waals surface area (Å²) in [6.45, 7) is 4.17. The molecule has 0 unspecified atom stereocenters. The third-order valence-electron chi connectivity index (χ3n) is 3.38. The van der Waals surface area contributed by atoms with E-state index in [1.807, 2.05) is 11.8 Å². The van der Waals surface area contributed by atoms with Crippen LogP contribution in [0.25, 0.3) is 0 Å². The van der Waals surface area contributed by atoms with Crippen molar-refractivity contribution in [1.29, 1.82) is 0 Å². The van der Waals surface area contributed by atoms with E-state index in [0.29, 0.717) is 11.2 Å². The van der Waals surface area contributed by atoms with Crippen LogP contribution in [0.15, 0.2) is 0 Å². The Morgan fingerprint density at radius 1 is 1.44 bits per heavy atom. The maximum atomic E-state index is 11.9. The van der Waals surface area contributed by atoms with Gasteiger partial charge < -0.3 is 15.7 Å². The van der Waals surface area contributed by atoms with E-state index in [4.69, 9.17) is 0 Å². The number of aliphatic hydroxyl groups is 1. The fourth-order valence-corrected chi connectivity index (χ4v) is 3.45. The minimum Gasteiger partial charge on any atom is -0.394 e. The number of hydrogen-bond donors (Lipinski definition) is 3.